The number of non-ortho nitro benzene ring substituents is 1. The van der Waals surface area contributed by atoms with Crippen LogP contribution in [0.2, 0.25) is 0 Å². The Hall–Kier alpha value is -1.37. The van der Waals surface area contributed by atoms with Gasteiger partial charge in [0.05, 0.1) is 12.0 Å². The van der Waals surface area contributed by atoms with Crippen molar-refractivity contribution < 1.29 is 9.66 Å². The predicted molar refractivity (Wildman–Crippen MR) is 84.3 cm³/mol. The van der Waals surface area contributed by atoms with E-state index in [2.05, 4.69) is 10.2 Å². The van der Waals surface area contributed by atoms with Crippen molar-refractivity contribution >= 4 is 18.1 Å². The number of nitrogens with zero attached hydrogens (tertiary/aromatic N) is 2. The molecule has 1 aromatic carbocycles. The molecule has 1 aliphatic rings. The molecule has 0 bridgehead atoms. The molecule has 1 unspecified atom stereocenters. The van der Waals surface area contributed by atoms with Gasteiger partial charge >= 0.3 is 0 Å². The molecule has 21 heavy (non-hydrogen) atoms. The van der Waals surface area contributed by atoms with Crippen molar-refractivity contribution in [3.63, 3.8) is 0 Å². The molecular formula is C14H22ClN3O3. The average Bonchev–Trinajstić information content (AvgIpc) is 2.47. The highest BCUT2D eigenvalue weighted by Gasteiger charge is 2.20. The highest BCUT2D eigenvalue weighted by Crippen LogP contribution is 2.26. The molecule has 0 amide bonds. The number of rotatable bonds is 5. The minimum Gasteiger partial charge on any atom is -0.496 e. The summed E-state index contributed by atoms with van der Waals surface area (Å²) < 4.78 is 5.31. The summed E-state index contributed by atoms with van der Waals surface area (Å²) in [6.07, 6.45) is 2.32. The third kappa shape index (κ3) is 4.56. The lowest BCUT2D eigenvalue weighted by molar-refractivity contribution is -0.385. The van der Waals surface area contributed by atoms with Crippen molar-refractivity contribution in [3.05, 3.63) is 33.9 Å². The smallest absolute Gasteiger partial charge is 0.270 e. The molecule has 2 rings (SSSR count). The molecule has 6 nitrogen and oxygen atoms in total. The number of benzene rings is 1. The zero-order valence-corrected chi connectivity index (χ0v) is 13.2. The van der Waals surface area contributed by atoms with Crippen molar-refractivity contribution in [2.24, 2.45) is 0 Å². The molecule has 1 atom stereocenters. The van der Waals surface area contributed by atoms with E-state index in [0.29, 0.717) is 18.3 Å². The average molecular weight is 316 g/mol. The Morgan fingerprint density at radius 1 is 1.52 bits per heavy atom. The van der Waals surface area contributed by atoms with Crippen molar-refractivity contribution in [1.29, 1.82) is 0 Å². The highest BCUT2D eigenvalue weighted by molar-refractivity contribution is 5.85. The van der Waals surface area contributed by atoms with Crippen LogP contribution >= 0.6 is 12.4 Å². The van der Waals surface area contributed by atoms with E-state index >= 15 is 0 Å². The highest BCUT2D eigenvalue weighted by atomic mass is 35.5. The van der Waals surface area contributed by atoms with Crippen molar-refractivity contribution in [1.82, 2.24) is 10.2 Å². The monoisotopic (exact) mass is 315 g/mol. The molecular weight excluding hydrogens is 294 g/mol. The number of hydrogen-bond donors (Lipinski definition) is 1. The van der Waals surface area contributed by atoms with E-state index in [1.165, 1.54) is 12.5 Å². The maximum Gasteiger partial charge on any atom is 0.270 e. The van der Waals surface area contributed by atoms with Crippen molar-refractivity contribution in [3.8, 4) is 5.75 Å². The molecule has 1 fully saturated rings. The number of methoxy groups -OCH3 is 1. The number of nitrogens with one attached hydrogen (secondary N) is 1. The lowest BCUT2D eigenvalue weighted by atomic mass is 10.0. The minimum absolute atomic E-state index is 0. The van der Waals surface area contributed by atoms with E-state index in [4.69, 9.17) is 4.74 Å². The first kappa shape index (κ1) is 17.7. The normalized spacial score (nSPS) is 18.9. The van der Waals surface area contributed by atoms with Crippen molar-refractivity contribution in [2.75, 3.05) is 27.2 Å². The van der Waals surface area contributed by atoms with Gasteiger partial charge in [-0.2, -0.15) is 0 Å². The van der Waals surface area contributed by atoms with Crippen LogP contribution in [0, 0.1) is 10.1 Å². The van der Waals surface area contributed by atoms with E-state index in [0.717, 1.165) is 25.1 Å². The predicted octanol–water partition coefficient (Wildman–Crippen LogP) is 2.21. The quantitative estimate of drug-likeness (QED) is 0.666. The second-order valence-corrected chi connectivity index (χ2v) is 5.12. The Labute approximate surface area is 131 Å². The zero-order valence-electron chi connectivity index (χ0n) is 12.4. The third-order valence-electron chi connectivity index (χ3n) is 3.78. The molecule has 1 aliphatic heterocycles. The lowest BCUT2D eigenvalue weighted by Crippen LogP contribution is -2.43. The number of likely N-dealkylation sites (tertiary alicyclic amines) is 1. The SMILES string of the molecule is CNC1CCCN(Cc2cc([N+](=O)[O-])ccc2OC)C1.Cl. The molecule has 0 saturated carbocycles. The Morgan fingerprint density at radius 2 is 2.29 bits per heavy atom. The van der Waals surface area contributed by atoms with Gasteiger partial charge in [0.2, 0.25) is 0 Å². The third-order valence-corrected chi connectivity index (χ3v) is 3.78. The van der Waals surface area contributed by atoms with Crippen LogP contribution in [-0.2, 0) is 6.54 Å². The first-order valence-corrected chi connectivity index (χ1v) is 6.85. The van der Waals surface area contributed by atoms with Gasteiger partial charge in [0.25, 0.3) is 5.69 Å². The van der Waals surface area contributed by atoms with Gasteiger partial charge in [0, 0.05) is 36.8 Å². The fourth-order valence-corrected chi connectivity index (χ4v) is 2.68. The molecule has 118 valence electrons. The van der Waals surface area contributed by atoms with Crippen LogP contribution in [0.5, 0.6) is 5.75 Å². The molecule has 0 radical (unpaired) electrons. The summed E-state index contributed by atoms with van der Waals surface area (Å²) in [7, 11) is 3.57. The molecule has 1 aromatic rings. The zero-order chi connectivity index (χ0) is 14.5. The van der Waals surface area contributed by atoms with Crippen LogP contribution in [0.25, 0.3) is 0 Å². The molecule has 0 aromatic heterocycles. The van der Waals surface area contributed by atoms with E-state index in [9.17, 15) is 10.1 Å². The van der Waals surface area contributed by atoms with Gasteiger partial charge in [-0.3, -0.25) is 15.0 Å². The Balaban J connectivity index is 0.00000220. The van der Waals surface area contributed by atoms with Gasteiger partial charge in [0.15, 0.2) is 0 Å². The summed E-state index contributed by atoms with van der Waals surface area (Å²) >= 11 is 0. The number of ether oxygens (including phenoxy) is 1. The number of hydrogen-bond acceptors (Lipinski definition) is 5. The summed E-state index contributed by atoms with van der Waals surface area (Å²) in [4.78, 5) is 12.8. The second-order valence-electron chi connectivity index (χ2n) is 5.12. The minimum atomic E-state index is -0.366. The number of nitro benzene ring substituents is 1. The molecule has 1 saturated heterocycles. The fourth-order valence-electron chi connectivity index (χ4n) is 2.68. The summed E-state index contributed by atoms with van der Waals surface area (Å²) in [6.45, 7) is 2.66. The van der Waals surface area contributed by atoms with Gasteiger partial charge in [0.1, 0.15) is 5.75 Å². The lowest BCUT2D eigenvalue weighted by Gasteiger charge is -2.32. The maximum atomic E-state index is 10.9. The van der Waals surface area contributed by atoms with Gasteiger partial charge in [-0.15, -0.1) is 12.4 Å². The molecule has 0 aliphatic carbocycles. The Morgan fingerprint density at radius 3 is 2.90 bits per heavy atom. The first-order valence-electron chi connectivity index (χ1n) is 6.85. The fraction of sp³-hybridized carbons (Fsp3) is 0.571. The topological polar surface area (TPSA) is 67.6 Å². The van der Waals surface area contributed by atoms with E-state index < -0.39 is 0 Å². The Kier molecular flexibility index (Phi) is 6.87. The number of halogens is 1. The van der Waals surface area contributed by atoms with Crippen LogP contribution in [0.4, 0.5) is 5.69 Å². The summed E-state index contributed by atoms with van der Waals surface area (Å²) in [5.74, 6) is 0.710. The van der Waals surface area contributed by atoms with E-state index in [-0.39, 0.29) is 23.0 Å². The molecule has 1 N–H and O–H groups in total. The van der Waals surface area contributed by atoms with Crippen LogP contribution < -0.4 is 10.1 Å². The van der Waals surface area contributed by atoms with Gasteiger partial charge in [-0.05, 0) is 32.5 Å². The van der Waals surface area contributed by atoms with Gasteiger partial charge in [-0.1, -0.05) is 0 Å². The maximum absolute atomic E-state index is 10.9. The van der Waals surface area contributed by atoms with E-state index in [1.807, 2.05) is 7.05 Å². The van der Waals surface area contributed by atoms with Crippen LogP contribution in [-0.4, -0.2) is 43.1 Å². The molecule has 1 heterocycles. The first-order chi connectivity index (χ1) is 9.63. The summed E-state index contributed by atoms with van der Waals surface area (Å²) in [6, 6.07) is 5.26. The second kappa shape index (κ2) is 8.17. The number of likely N-dealkylation sites (N-methyl/N-ethyl adjacent to an activating group) is 1. The van der Waals surface area contributed by atoms with Crippen LogP contribution in [0.15, 0.2) is 18.2 Å². The Bertz CT molecular complexity index is 485. The van der Waals surface area contributed by atoms with Crippen LogP contribution in [0.3, 0.4) is 0 Å². The van der Waals surface area contributed by atoms with Gasteiger partial charge in [-0.25, -0.2) is 0 Å². The largest absolute Gasteiger partial charge is 0.496 e. The standard InChI is InChI=1S/C14H21N3O3.ClH/c1-15-12-4-3-7-16(10-12)9-11-8-13(17(18)19)5-6-14(11)20-2;/h5-6,8,12,15H,3-4,7,9-10H2,1-2H3;1H. The number of piperidine rings is 1. The van der Waals surface area contributed by atoms with Crippen LogP contribution in [0.1, 0.15) is 18.4 Å². The van der Waals surface area contributed by atoms with Crippen molar-refractivity contribution in [2.45, 2.75) is 25.4 Å². The van der Waals surface area contributed by atoms with E-state index in [1.54, 1.807) is 19.2 Å². The summed E-state index contributed by atoms with van der Waals surface area (Å²) in [5, 5.41) is 14.2. The summed E-state index contributed by atoms with van der Waals surface area (Å²) in [5.41, 5.74) is 0.987. The number of nitro groups is 1. The van der Waals surface area contributed by atoms with Gasteiger partial charge < -0.3 is 10.1 Å². The molecule has 7 heteroatoms. The molecule has 0 spiro atoms.